The first kappa shape index (κ1) is 19.5. The normalized spacial score (nSPS) is 13.8. The van der Waals surface area contributed by atoms with Crippen molar-refractivity contribution in [3.05, 3.63) is 53.1 Å². The molecule has 2 aromatic carbocycles. The summed E-state index contributed by atoms with van der Waals surface area (Å²) < 4.78 is 16.3. The molecule has 150 valence electrons. The van der Waals surface area contributed by atoms with Gasteiger partial charge in [-0.2, -0.15) is 0 Å². The van der Waals surface area contributed by atoms with Crippen LogP contribution in [0.3, 0.4) is 0 Å². The molecule has 29 heavy (non-hydrogen) atoms. The van der Waals surface area contributed by atoms with Crippen LogP contribution in [-0.2, 0) is 12.8 Å². The number of methoxy groups -OCH3 is 2. The molecule has 0 fully saturated rings. The van der Waals surface area contributed by atoms with Crippen LogP contribution in [0.1, 0.15) is 34.8 Å². The Balaban J connectivity index is 1.48. The number of nitrogens with zero attached hydrogens (tertiary/aromatic N) is 2. The highest BCUT2D eigenvalue weighted by Gasteiger charge is 2.22. The van der Waals surface area contributed by atoms with Crippen LogP contribution >= 0.6 is 11.8 Å². The monoisotopic (exact) mass is 410 g/mol. The van der Waals surface area contributed by atoms with E-state index in [2.05, 4.69) is 16.3 Å². The van der Waals surface area contributed by atoms with Crippen LogP contribution in [0.5, 0.6) is 11.5 Å². The van der Waals surface area contributed by atoms with E-state index in [0.29, 0.717) is 22.6 Å². The second-order valence-electron chi connectivity index (χ2n) is 6.90. The fourth-order valence-corrected chi connectivity index (χ4v) is 4.27. The predicted octanol–water partition coefficient (Wildman–Crippen LogP) is 4.61. The molecule has 3 aromatic rings. The summed E-state index contributed by atoms with van der Waals surface area (Å²) in [6, 6.07) is 11.4. The second kappa shape index (κ2) is 8.29. The lowest BCUT2D eigenvalue weighted by Gasteiger charge is -2.09. The third kappa shape index (κ3) is 4.00. The molecule has 1 aromatic heterocycles. The largest absolute Gasteiger partial charge is 0.493 e. The summed E-state index contributed by atoms with van der Waals surface area (Å²) in [5.41, 5.74) is 4.12. The smallest absolute Gasteiger partial charge is 0.277 e. The fourth-order valence-electron chi connectivity index (χ4n) is 3.51. The SMILES string of the molecule is COc1ccc(-c2nnc(S[C@@H](C)C(=O)c3ccc4c(c3)CCC4)o2)cc1OC. The van der Waals surface area contributed by atoms with Gasteiger partial charge in [0.15, 0.2) is 17.3 Å². The third-order valence-corrected chi connectivity index (χ3v) is 6.00. The Bertz CT molecular complexity index is 1050. The molecule has 0 N–H and O–H groups in total. The van der Waals surface area contributed by atoms with Gasteiger partial charge in [-0.15, -0.1) is 10.2 Å². The number of carbonyl (C=O) groups is 1. The minimum Gasteiger partial charge on any atom is -0.493 e. The van der Waals surface area contributed by atoms with Crippen molar-refractivity contribution in [1.29, 1.82) is 0 Å². The summed E-state index contributed by atoms with van der Waals surface area (Å²) in [5.74, 6) is 1.64. The van der Waals surface area contributed by atoms with E-state index < -0.39 is 0 Å². The molecular weight excluding hydrogens is 388 g/mol. The highest BCUT2D eigenvalue weighted by atomic mass is 32.2. The summed E-state index contributed by atoms with van der Waals surface area (Å²) in [6.07, 6.45) is 3.32. The fraction of sp³-hybridized carbons (Fsp3) is 0.318. The number of aryl methyl sites for hydroxylation is 2. The van der Waals surface area contributed by atoms with E-state index in [1.54, 1.807) is 26.4 Å². The van der Waals surface area contributed by atoms with Crippen LogP contribution in [0.15, 0.2) is 46.0 Å². The molecule has 4 rings (SSSR count). The van der Waals surface area contributed by atoms with E-state index >= 15 is 0 Å². The zero-order chi connectivity index (χ0) is 20.4. The molecule has 6 nitrogen and oxygen atoms in total. The van der Waals surface area contributed by atoms with Crippen LogP contribution in [-0.4, -0.2) is 35.5 Å². The van der Waals surface area contributed by atoms with E-state index in [0.717, 1.165) is 30.4 Å². The van der Waals surface area contributed by atoms with E-state index in [-0.39, 0.29) is 11.0 Å². The van der Waals surface area contributed by atoms with E-state index in [1.165, 1.54) is 22.9 Å². The Hall–Kier alpha value is -2.80. The third-order valence-electron chi connectivity index (χ3n) is 5.07. The summed E-state index contributed by atoms with van der Waals surface area (Å²) in [5, 5.41) is 8.22. The average molecular weight is 410 g/mol. The summed E-state index contributed by atoms with van der Waals surface area (Å²) in [7, 11) is 3.15. The number of aromatic nitrogens is 2. The molecule has 0 saturated carbocycles. The van der Waals surface area contributed by atoms with Crippen molar-refractivity contribution >= 4 is 17.5 Å². The molecule has 0 radical (unpaired) electrons. The van der Waals surface area contributed by atoms with Gasteiger partial charge in [0.2, 0.25) is 5.89 Å². The molecule has 0 saturated heterocycles. The standard InChI is InChI=1S/C22H22N2O4S/c1-13(20(25)16-8-7-14-5-4-6-15(14)11-16)29-22-24-23-21(28-22)17-9-10-18(26-2)19(12-17)27-3/h7-13H,4-6H2,1-3H3/t13-/m0/s1. The minimum absolute atomic E-state index is 0.0653. The van der Waals surface area contributed by atoms with Crippen molar-refractivity contribution < 1.29 is 18.7 Å². The topological polar surface area (TPSA) is 74.5 Å². The van der Waals surface area contributed by atoms with Crippen LogP contribution in [0.25, 0.3) is 11.5 Å². The maximum Gasteiger partial charge on any atom is 0.277 e. The lowest BCUT2D eigenvalue weighted by Crippen LogP contribution is -2.13. The van der Waals surface area contributed by atoms with Crippen molar-refractivity contribution in [2.45, 2.75) is 36.7 Å². The van der Waals surface area contributed by atoms with Crippen LogP contribution in [0.2, 0.25) is 0 Å². The zero-order valence-corrected chi connectivity index (χ0v) is 17.4. The number of rotatable bonds is 7. The van der Waals surface area contributed by atoms with Gasteiger partial charge in [-0.25, -0.2) is 0 Å². The average Bonchev–Trinajstić information content (AvgIpc) is 3.41. The summed E-state index contributed by atoms with van der Waals surface area (Å²) >= 11 is 1.27. The Morgan fingerprint density at radius 2 is 1.83 bits per heavy atom. The number of ether oxygens (including phenoxy) is 2. The van der Waals surface area contributed by atoms with Gasteiger partial charge in [-0.05, 0) is 61.6 Å². The van der Waals surface area contributed by atoms with E-state index in [4.69, 9.17) is 13.9 Å². The van der Waals surface area contributed by atoms with Crippen molar-refractivity contribution in [2.75, 3.05) is 14.2 Å². The summed E-state index contributed by atoms with van der Waals surface area (Å²) in [4.78, 5) is 12.8. The first-order valence-corrected chi connectivity index (χ1v) is 10.4. The Kier molecular flexibility index (Phi) is 5.58. The number of ketones is 1. The number of Topliss-reactive ketones (excluding diaryl/α,β-unsaturated/α-hetero) is 1. The van der Waals surface area contributed by atoms with E-state index in [9.17, 15) is 4.79 Å². The number of hydrogen-bond acceptors (Lipinski definition) is 7. The zero-order valence-electron chi connectivity index (χ0n) is 16.6. The van der Waals surface area contributed by atoms with Gasteiger partial charge in [0.25, 0.3) is 5.22 Å². The molecule has 1 aliphatic carbocycles. The molecular formula is C22H22N2O4S. The van der Waals surface area contributed by atoms with Gasteiger partial charge in [0.05, 0.1) is 19.5 Å². The Labute approximate surface area is 173 Å². The Morgan fingerprint density at radius 1 is 1.03 bits per heavy atom. The maximum absolute atomic E-state index is 12.8. The van der Waals surface area contributed by atoms with Gasteiger partial charge >= 0.3 is 0 Å². The van der Waals surface area contributed by atoms with Crippen LogP contribution < -0.4 is 9.47 Å². The van der Waals surface area contributed by atoms with Crippen molar-refractivity contribution in [1.82, 2.24) is 10.2 Å². The predicted molar refractivity (Wildman–Crippen MR) is 111 cm³/mol. The lowest BCUT2D eigenvalue weighted by atomic mass is 10.0. The van der Waals surface area contributed by atoms with E-state index in [1.807, 2.05) is 25.1 Å². The van der Waals surface area contributed by atoms with Crippen molar-refractivity contribution in [3.8, 4) is 23.0 Å². The molecule has 0 unspecified atom stereocenters. The molecule has 1 aliphatic rings. The number of fused-ring (bicyclic) bond motifs is 1. The Morgan fingerprint density at radius 3 is 2.62 bits per heavy atom. The second-order valence-corrected chi connectivity index (χ2v) is 8.20. The highest BCUT2D eigenvalue weighted by Crippen LogP contribution is 2.33. The van der Waals surface area contributed by atoms with Gasteiger partial charge in [0.1, 0.15) is 0 Å². The van der Waals surface area contributed by atoms with Crippen LogP contribution in [0.4, 0.5) is 0 Å². The first-order valence-electron chi connectivity index (χ1n) is 9.47. The van der Waals surface area contributed by atoms with Gasteiger partial charge in [-0.1, -0.05) is 23.9 Å². The number of carbonyl (C=O) groups excluding carboxylic acids is 1. The van der Waals surface area contributed by atoms with Crippen molar-refractivity contribution in [3.63, 3.8) is 0 Å². The highest BCUT2D eigenvalue weighted by molar-refractivity contribution is 8.00. The lowest BCUT2D eigenvalue weighted by molar-refractivity contribution is 0.0993. The number of benzene rings is 2. The van der Waals surface area contributed by atoms with Gasteiger partial charge in [0, 0.05) is 11.1 Å². The van der Waals surface area contributed by atoms with Gasteiger partial charge < -0.3 is 13.9 Å². The van der Waals surface area contributed by atoms with Crippen molar-refractivity contribution in [2.24, 2.45) is 0 Å². The first-order chi connectivity index (χ1) is 14.1. The molecule has 0 amide bonds. The molecule has 1 heterocycles. The minimum atomic E-state index is -0.326. The molecule has 1 atom stereocenters. The van der Waals surface area contributed by atoms with Crippen LogP contribution in [0, 0.1) is 0 Å². The summed E-state index contributed by atoms with van der Waals surface area (Å²) in [6.45, 7) is 1.86. The molecule has 7 heteroatoms. The number of hydrogen-bond donors (Lipinski definition) is 0. The molecule has 0 bridgehead atoms. The molecule has 0 spiro atoms. The quantitative estimate of drug-likeness (QED) is 0.416. The molecule has 0 aliphatic heterocycles. The number of thioether (sulfide) groups is 1. The van der Waals surface area contributed by atoms with Gasteiger partial charge in [-0.3, -0.25) is 4.79 Å². The maximum atomic E-state index is 12.8.